The van der Waals surface area contributed by atoms with Crippen LogP contribution in [0.1, 0.15) is 31.4 Å². The van der Waals surface area contributed by atoms with Crippen molar-refractivity contribution in [1.29, 1.82) is 0 Å². The lowest BCUT2D eigenvalue weighted by molar-refractivity contribution is 0.273. The molecule has 0 aromatic heterocycles. The smallest absolute Gasteiger partial charge is 0.189 e. The summed E-state index contributed by atoms with van der Waals surface area (Å²) < 4.78 is 14.0. The third-order valence-electron chi connectivity index (χ3n) is 4.11. The molecule has 1 aromatic carbocycles. The van der Waals surface area contributed by atoms with Gasteiger partial charge in [-0.15, -0.1) is 6.42 Å². The minimum atomic E-state index is -0.679. The Kier molecular flexibility index (Phi) is 6.26. The maximum Gasteiger partial charge on any atom is 0.189 e. The summed E-state index contributed by atoms with van der Waals surface area (Å²) in [6, 6.07) is 4.11. The van der Waals surface area contributed by atoms with Gasteiger partial charge in [0.15, 0.2) is 5.96 Å². The fourth-order valence-electron chi connectivity index (χ4n) is 2.86. The summed E-state index contributed by atoms with van der Waals surface area (Å²) in [4.78, 5) is 6.75. The van der Waals surface area contributed by atoms with E-state index < -0.39 is 11.9 Å². The number of nitrogens with two attached hydrogens (primary N) is 1. The standard InChI is InChI=1S/C17H22ClFN4/c1-3-16(14-8-7-12(18)10-15(14)19)22-17(20)21-11-13-6-5-9-23(13)4-2/h1,7-8,10,13,16H,4-6,9,11H2,2H3,(H3,20,21,22). The number of nitrogens with zero attached hydrogens (tertiary/aromatic N) is 2. The van der Waals surface area contributed by atoms with Crippen molar-refractivity contribution in [3.8, 4) is 12.3 Å². The van der Waals surface area contributed by atoms with Gasteiger partial charge in [-0.25, -0.2) is 4.39 Å². The van der Waals surface area contributed by atoms with E-state index in [1.54, 1.807) is 12.1 Å². The Morgan fingerprint density at radius 1 is 1.65 bits per heavy atom. The molecule has 1 fully saturated rings. The maximum absolute atomic E-state index is 14.0. The maximum atomic E-state index is 14.0. The van der Waals surface area contributed by atoms with Gasteiger partial charge in [0.2, 0.25) is 0 Å². The van der Waals surface area contributed by atoms with Gasteiger partial charge >= 0.3 is 0 Å². The fourth-order valence-corrected chi connectivity index (χ4v) is 3.02. The molecule has 2 atom stereocenters. The van der Waals surface area contributed by atoms with Gasteiger partial charge in [0.1, 0.15) is 11.9 Å². The predicted molar refractivity (Wildman–Crippen MR) is 92.9 cm³/mol. The number of halogens is 2. The summed E-state index contributed by atoms with van der Waals surface area (Å²) in [5, 5.41) is 3.21. The van der Waals surface area contributed by atoms with Crippen LogP contribution < -0.4 is 11.1 Å². The second-order valence-electron chi connectivity index (χ2n) is 5.56. The number of hydrogen-bond donors (Lipinski definition) is 2. The van der Waals surface area contributed by atoms with Crippen molar-refractivity contribution < 1.29 is 4.39 Å². The average Bonchev–Trinajstić information content (AvgIpc) is 2.98. The van der Waals surface area contributed by atoms with E-state index in [4.69, 9.17) is 23.8 Å². The van der Waals surface area contributed by atoms with Crippen molar-refractivity contribution in [3.05, 3.63) is 34.6 Å². The van der Waals surface area contributed by atoms with Crippen molar-refractivity contribution in [1.82, 2.24) is 10.2 Å². The first-order valence-electron chi connectivity index (χ1n) is 7.76. The van der Waals surface area contributed by atoms with Crippen LogP contribution in [-0.4, -0.2) is 36.5 Å². The van der Waals surface area contributed by atoms with Gasteiger partial charge < -0.3 is 11.1 Å². The Bertz CT molecular complexity index is 611. The lowest BCUT2D eigenvalue weighted by atomic mass is 10.1. The molecule has 0 bridgehead atoms. The highest BCUT2D eigenvalue weighted by Crippen LogP contribution is 2.20. The molecule has 1 saturated heterocycles. The first-order chi connectivity index (χ1) is 11.0. The first-order valence-corrected chi connectivity index (χ1v) is 8.14. The Morgan fingerprint density at radius 3 is 3.09 bits per heavy atom. The zero-order chi connectivity index (χ0) is 16.8. The van der Waals surface area contributed by atoms with E-state index in [1.165, 1.54) is 12.5 Å². The van der Waals surface area contributed by atoms with E-state index in [-0.39, 0.29) is 5.96 Å². The van der Waals surface area contributed by atoms with Gasteiger partial charge in [0.25, 0.3) is 0 Å². The lowest BCUT2D eigenvalue weighted by Gasteiger charge is -2.21. The lowest BCUT2D eigenvalue weighted by Crippen LogP contribution is -2.37. The second kappa shape index (κ2) is 8.19. The highest BCUT2D eigenvalue weighted by molar-refractivity contribution is 6.30. The number of likely N-dealkylation sites (N-methyl/N-ethyl adjacent to an activating group) is 1. The van der Waals surface area contributed by atoms with Crippen molar-refractivity contribution in [2.75, 3.05) is 19.6 Å². The predicted octanol–water partition coefficient (Wildman–Crippen LogP) is 2.54. The van der Waals surface area contributed by atoms with Crippen LogP contribution >= 0.6 is 11.6 Å². The third-order valence-corrected chi connectivity index (χ3v) is 4.35. The van der Waals surface area contributed by atoms with Crippen LogP contribution in [-0.2, 0) is 0 Å². The van der Waals surface area contributed by atoms with Gasteiger partial charge in [-0.1, -0.05) is 30.5 Å². The summed E-state index contributed by atoms with van der Waals surface area (Å²) in [6.07, 6.45) is 7.80. The highest BCUT2D eigenvalue weighted by Gasteiger charge is 2.22. The number of likely N-dealkylation sites (tertiary alicyclic amines) is 1. The number of terminal acetylenes is 1. The number of aliphatic imine (C=N–C) groups is 1. The Morgan fingerprint density at radius 2 is 2.43 bits per heavy atom. The number of rotatable bonds is 5. The Hall–Kier alpha value is -1.77. The quantitative estimate of drug-likeness (QED) is 0.493. The van der Waals surface area contributed by atoms with Crippen LogP contribution in [0.4, 0.5) is 4.39 Å². The highest BCUT2D eigenvalue weighted by atomic mass is 35.5. The molecule has 1 aliphatic heterocycles. The normalized spacial score (nSPS) is 20.3. The number of guanidine groups is 1. The molecule has 0 amide bonds. The number of nitrogens with one attached hydrogen (secondary N) is 1. The monoisotopic (exact) mass is 336 g/mol. The molecular weight excluding hydrogens is 315 g/mol. The molecule has 0 saturated carbocycles. The molecule has 1 aromatic rings. The zero-order valence-corrected chi connectivity index (χ0v) is 14.0. The molecule has 0 aliphatic carbocycles. The minimum Gasteiger partial charge on any atom is -0.370 e. The fraction of sp³-hybridized carbons (Fsp3) is 0.471. The molecule has 1 heterocycles. The summed E-state index contributed by atoms with van der Waals surface area (Å²) in [5.74, 6) is 2.25. The molecule has 2 unspecified atom stereocenters. The van der Waals surface area contributed by atoms with Crippen molar-refractivity contribution in [2.45, 2.75) is 31.8 Å². The Labute approximate surface area is 141 Å². The van der Waals surface area contributed by atoms with Crippen molar-refractivity contribution in [2.24, 2.45) is 10.7 Å². The topological polar surface area (TPSA) is 53.6 Å². The van der Waals surface area contributed by atoms with Gasteiger partial charge in [-0.3, -0.25) is 9.89 Å². The van der Waals surface area contributed by atoms with Crippen LogP contribution in [0.25, 0.3) is 0 Å². The minimum absolute atomic E-state index is 0.227. The number of hydrogen-bond acceptors (Lipinski definition) is 2. The molecule has 3 N–H and O–H groups in total. The van der Waals surface area contributed by atoms with E-state index in [2.05, 4.69) is 28.1 Å². The zero-order valence-electron chi connectivity index (χ0n) is 13.2. The largest absolute Gasteiger partial charge is 0.370 e. The van der Waals surface area contributed by atoms with Crippen LogP contribution in [0.2, 0.25) is 5.02 Å². The summed E-state index contributed by atoms with van der Waals surface area (Å²) >= 11 is 5.76. The van der Waals surface area contributed by atoms with Crippen LogP contribution in [0.5, 0.6) is 0 Å². The molecule has 6 heteroatoms. The van der Waals surface area contributed by atoms with Crippen LogP contribution in [0, 0.1) is 18.2 Å². The van der Waals surface area contributed by atoms with Crippen molar-refractivity contribution in [3.63, 3.8) is 0 Å². The molecular formula is C17H22ClFN4. The Balaban J connectivity index is 2.00. The van der Waals surface area contributed by atoms with Gasteiger partial charge in [-0.05, 0) is 38.1 Å². The van der Waals surface area contributed by atoms with Crippen LogP contribution in [0.15, 0.2) is 23.2 Å². The second-order valence-corrected chi connectivity index (χ2v) is 6.00. The van der Waals surface area contributed by atoms with E-state index in [0.29, 0.717) is 23.2 Å². The summed E-state index contributed by atoms with van der Waals surface area (Å²) in [6.45, 7) is 4.87. The summed E-state index contributed by atoms with van der Waals surface area (Å²) in [7, 11) is 0. The van der Waals surface area contributed by atoms with Crippen molar-refractivity contribution >= 4 is 17.6 Å². The molecule has 4 nitrogen and oxygen atoms in total. The molecule has 0 radical (unpaired) electrons. The molecule has 2 rings (SSSR count). The molecule has 124 valence electrons. The molecule has 23 heavy (non-hydrogen) atoms. The first kappa shape index (κ1) is 17.6. The molecule has 1 aliphatic rings. The third kappa shape index (κ3) is 4.60. The van der Waals surface area contributed by atoms with E-state index in [0.717, 1.165) is 19.5 Å². The SMILES string of the molecule is C#CC(NC(N)=NCC1CCCN1CC)c1ccc(Cl)cc1F. The van der Waals surface area contributed by atoms with Gasteiger partial charge in [0, 0.05) is 16.6 Å². The van der Waals surface area contributed by atoms with E-state index in [9.17, 15) is 4.39 Å². The van der Waals surface area contributed by atoms with E-state index in [1.807, 2.05) is 0 Å². The molecule has 0 spiro atoms. The summed E-state index contributed by atoms with van der Waals surface area (Å²) in [5.41, 5.74) is 6.23. The number of benzene rings is 1. The average molecular weight is 337 g/mol. The van der Waals surface area contributed by atoms with E-state index >= 15 is 0 Å². The van der Waals surface area contributed by atoms with Gasteiger partial charge in [0.05, 0.1) is 6.54 Å². The van der Waals surface area contributed by atoms with Crippen LogP contribution in [0.3, 0.4) is 0 Å². The van der Waals surface area contributed by atoms with Gasteiger partial charge in [-0.2, -0.15) is 0 Å².